The highest BCUT2D eigenvalue weighted by atomic mass is 16.5. The molecule has 3 nitrogen and oxygen atoms in total. The number of ether oxygens (including phenoxy) is 1. The molecule has 2 rings (SSSR count). The van der Waals surface area contributed by atoms with E-state index in [1.807, 2.05) is 0 Å². The molecule has 1 unspecified atom stereocenters. The Kier molecular flexibility index (Phi) is 3.19. The van der Waals surface area contributed by atoms with Gasteiger partial charge in [-0.25, -0.2) is 0 Å². The maximum Gasteiger partial charge on any atom is 0.0645 e. The van der Waals surface area contributed by atoms with Gasteiger partial charge in [0.05, 0.1) is 19.3 Å². The second-order valence-electron chi connectivity index (χ2n) is 4.28. The summed E-state index contributed by atoms with van der Waals surface area (Å²) in [6, 6.07) is 0.701. The van der Waals surface area contributed by atoms with Crippen LogP contribution in [0.3, 0.4) is 0 Å². The molecular weight excluding hydrogens is 164 g/mol. The average molecular weight is 184 g/mol. The van der Waals surface area contributed by atoms with Crippen LogP contribution in [0, 0.1) is 5.92 Å². The lowest BCUT2D eigenvalue weighted by molar-refractivity contribution is -0.0667. The Balaban J connectivity index is 1.85. The van der Waals surface area contributed by atoms with Gasteiger partial charge in [0, 0.05) is 6.54 Å². The van der Waals surface area contributed by atoms with Gasteiger partial charge in [0.15, 0.2) is 0 Å². The fourth-order valence-corrected chi connectivity index (χ4v) is 2.22. The third-order valence-electron chi connectivity index (χ3n) is 3.27. The van der Waals surface area contributed by atoms with Crippen LogP contribution in [0.25, 0.3) is 0 Å². The minimum Gasteiger partial charge on any atom is -0.378 e. The maximum atomic E-state index is 5.74. The molecule has 0 bridgehead atoms. The molecule has 3 heteroatoms. The molecule has 0 aliphatic carbocycles. The Bertz CT molecular complexity index is 159. The predicted molar refractivity (Wildman–Crippen MR) is 52.6 cm³/mol. The first-order valence-corrected chi connectivity index (χ1v) is 5.42. The Labute approximate surface area is 80.2 Å². The van der Waals surface area contributed by atoms with Gasteiger partial charge in [0.25, 0.3) is 0 Å². The fraction of sp³-hybridized carbons (Fsp3) is 1.00. The monoisotopic (exact) mass is 184 g/mol. The summed E-state index contributed by atoms with van der Waals surface area (Å²) in [5.41, 5.74) is 5.74. The molecule has 0 aromatic rings. The van der Waals surface area contributed by atoms with Gasteiger partial charge in [-0.15, -0.1) is 0 Å². The zero-order valence-electron chi connectivity index (χ0n) is 8.24. The van der Waals surface area contributed by atoms with Gasteiger partial charge in [0.2, 0.25) is 0 Å². The van der Waals surface area contributed by atoms with Gasteiger partial charge in [0.1, 0.15) is 0 Å². The highest BCUT2D eigenvalue weighted by molar-refractivity contribution is 4.81. The topological polar surface area (TPSA) is 38.5 Å². The maximum absolute atomic E-state index is 5.74. The average Bonchev–Trinajstić information content (AvgIpc) is 2.27. The van der Waals surface area contributed by atoms with Gasteiger partial charge in [-0.1, -0.05) is 6.42 Å². The summed E-state index contributed by atoms with van der Waals surface area (Å²) in [5, 5.41) is 0. The zero-order valence-corrected chi connectivity index (χ0v) is 8.24. The molecule has 0 aromatic heterocycles. The van der Waals surface area contributed by atoms with E-state index in [9.17, 15) is 0 Å². The molecule has 0 aromatic carbocycles. The van der Waals surface area contributed by atoms with Gasteiger partial charge in [-0.2, -0.15) is 0 Å². The van der Waals surface area contributed by atoms with Crippen molar-refractivity contribution < 1.29 is 4.74 Å². The van der Waals surface area contributed by atoms with Crippen molar-refractivity contribution in [3.05, 3.63) is 0 Å². The van der Waals surface area contributed by atoms with Crippen LogP contribution < -0.4 is 5.73 Å². The first-order chi connectivity index (χ1) is 6.40. The standard InChI is InChI=1S/C10H20N2O/c11-5-9-3-1-2-4-12(6-9)10-7-13-8-10/h9-10H,1-8,11H2. The molecule has 2 N–H and O–H groups in total. The van der Waals surface area contributed by atoms with Crippen LogP contribution >= 0.6 is 0 Å². The molecule has 0 spiro atoms. The van der Waals surface area contributed by atoms with Crippen LogP contribution in [-0.4, -0.2) is 43.8 Å². The van der Waals surface area contributed by atoms with Gasteiger partial charge >= 0.3 is 0 Å². The lowest BCUT2D eigenvalue weighted by atomic mass is 10.0. The summed E-state index contributed by atoms with van der Waals surface area (Å²) in [4.78, 5) is 2.58. The quantitative estimate of drug-likeness (QED) is 0.677. The van der Waals surface area contributed by atoms with Gasteiger partial charge in [-0.3, -0.25) is 4.90 Å². The van der Waals surface area contributed by atoms with E-state index >= 15 is 0 Å². The van der Waals surface area contributed by atoms with E-state index in [1.165, 1.54) is 32.4 Å². The van der Waals surface area contributed by atoms with Crippen molar-refractivity contribution in [2.75, 3.05) is 32.8 Å². The van der Waals surface area contributed by atoms with Crippen LogP contribution in [-0.2, 0) is 4.74 Å². The van der Waals surface area contributed by atoms with Crippen molar-refractivity contribution in [3.8, 4) is 0 Å². The first kappa shape index (κ1) is 9.44. The Hall–Kier alpha value is -0.120. The summed E-state index contributed by atoms with van der Waals surface area (Å²) < 4.78 is 5.22. The van der Waals surface area contributed by atoms with Crippen LogP contribution in [0.5, 0.6) is 0 Å². The molecule has 2 fully saturated rings. The highest BCUT2D eigenvalue weighted by Gasteiger charge is 2.28. The largest absolute Gasteiger partial charge is 0.378 e. The van der Waals surface area contributed by atoms with Crippen LogP contribution in [0.15, 0.2) is 0 Å². The SMILES string of the molecule is NCC1CCCCN(C2COC2)C1. The van der Waals surface area contributed by atoms with Crippen molar-refractivity contribution in [2.45, 2.75) is 25.3 Å². The molecule has 2 aliphatic rings. The van der Waals surface area contributed by atoms with Crippen molar-refractivity contribution >= 4 is 0 Å². The summed E-state index contributed by atoms with van der Waals surface area (Å²) in [7, 11) is 0. The second kappa shape index (κ2) is 4.40. The Morgan fingerprint density at radius 2 is 2.15 bits per heavy atom. The molecule has 13 heavy (non-hydrogen) atoms. The Morgan fingerprint density at radius 3 is 2.77 bits per heavy atom. The van der Waals surface area contributed by atoms with E-state index in [2.05, 4.69) is 4.90 Å². The number of rotatable bonds is 2. The molecule has 2 aliphatic heterocycles. The number of nitrogens with zero attached hydrogens (tertiary/aromatic N) is 1. The minimum atomic E-state index is 0.701. The molecule has 0 saturated carbocycles. The van der Waals surface area contributed by atoms with E-state index in [0.717, 1.165) is 25.7 Å². The summed E-state index contributed by atoms with van der Waals surface area (Å²) in [6.45, 7) is 5.19. The molecule has 0 radical (unpaired) electrons. The lowest BCUT2D eigenvalue weighted by Gasteiger charge is -2.37. The van der Waals surface area contributed by atoms with E-state index in [0.29, 0.717) is 6.04 Å². The smallest absolute Gasteiger partial charge is 0.0645 e. The molecule has 2 saturated heterocycles. The third-order valence-corrected chi connectivity index (χ3v) is 3.27. The Morgan fingerprint density at radius 1 is 1.31 bits per heavy atom. The fourth-order valence-electron chi connectivity index (χ4n) is 2.22. The van der Waals surface area contributed by atoms with Gasteiger partial charge in [-0.05, 0) is 31.8 Å². The molecular formula is C10H20N2O. The predicted octanol–water partition coefficient (Wildman–Crippen LogP) is 0.446. The van der Waals surface area contributed by atoms with Gasteiger partial charge < -0.3 is 10.5 Å². The van der Waals surface area contributed by atoms with Crippen molar-refractivity contribution in [1.82, 2.24) is 4.90 Å². The van der Waals surface area contributed by atoms with Crippen molar-refractivity contribution in [2.24, 2.45) is 11.7 Å². The highest BCUT2D eigenvalue weighted by Crippen LogP contribution is 2.20. The van der Waals surface area contributed by atoms with E-state index in [4.69, 9.17) is 10.5 Å². The molecule has 0 amide bonds. The zero-order chi connectivity index (χ0) is 9.10. The first-order valence-electron chi connectivity index (χ1n) is 5.42. The van der Waals surface area contributed by atoms with Crippen LogP contribution in [0.2, 0.25) is 0 Å². The number of likely N-dealkylation sites (tertiary alicyclic amines) is 1. The van der Waals surface area contributed by atoms with Crippen LogP contribution in [0.4, 0.5) is 0 Å². The molecule has 2 heterocycles. The third kappa shape index (κ3) is 2.22. The molecule has 1 atom stereocenters. The summed E-state index contributed by atoms with van der Waals surface area (Å²) >= 11 is 0. The van der Waals surface area contributed by atoms with E-state index in [-0.39, 0.29) is 0 Å². The summed E-state index contributed by atoms with van der Waals surface area (Å²) in [6.07, 6.45) is 4.01. The number of hydrogen-bond acceptors (Lipinski definition) is 3. The minimum absolute atomic E-state index is 0.701. The molecule has 76 valence electrons. The van der Waals surface area contributed by atoms with Crippen molar-refractivity contribution in [1.29, 1.82) is 0 Å². The lowest BCUT2D eigenvalue weighted by Crippen LogP contribution is -2.50. The van der Waals surface area contributed by atoms with E-state index in [1.54, 1.807) is 0 Å². The van der Waals surface area contributed by atoms with E-state index < -0.39 is 0 Å². The van der Waals surface area contributed by atoms with Crippen LogP contribution in [0.1, 0.15) is 19.3 Å². The second-order valence-corrected chi connectivity index (χ2v) is 4.28. The van der Waals surface area contributed by atoms with Crippen molar-refractivity contribution in [3.63, 3.8) is 0 Å². The number of hydrogen-bond donors (Lipinski definition) is 1. The summed E-state index contributed by atoms with van der Waals surface area (Å²) in [5.74, 6) is 0.725. The number of nitrogens with two attached hydrogens (primary N) is 1. The normalized spacial score (nSPS) is 32.5.